The van der Waals surface area contributed by atoms with E-state index in [1.165, 1.54) is 0 Å². The molecule has 0 unspecified atom stereocenters. The molecule has 2 atom stereocenters. The minimum Gasteiger partial charge on any atom is -0.444 e. The van der Waals surface area contributed by atoms with Crippen molar-refractivity contribution in [3.63, 3.8) is 0 Å². The lowest BCUT2D eigenvalue weighted by Crippen LogP contribution is -2.58. The van der Waals surface area contributed by atoms with Crippen LogP contribution in [0.4, 0.5) is 4.79 Å². The van der Waals surface area contributed by atoms with E-state index in [9.17, 15) is 14.4 Å². The van der Waals surface area contributed by atoms with Crippen LogP contribution in [0.2, 0.25) is 0 Å². The number of amides is 3. The van der Waals surface area contributed by atoms with Crippen LogP contribution < -0.4 is 5.32 Å². The number of hydrogen-bond donors (Lipinski definition) is 1. The van der Waals surface area contributed by atoms with Crippen LogP contribution in [0, 0.1) is 0 Å². The van der Waals surface area contributed by atoms with E-state index in [0.29, 0.717) is 0 Å². The number of nitrogens with zero attached hydrogens (tertiary/aromatic N) is 3. The summed E-state index contributed by atoms with van der Waals surface area (Å²) in [5.41, 5.74) is -1.19. The maximum atomic E-state index is 13.1. The van der Waals surface area contributed by atoms with E-state index in [4.69, 9.17) is 4.74 Å². The van der Waals surface area contributed by atoms with Gasteiger partial charge in [0.15, 0.2) is 0 Å². The molecule has 3 amide bonds. The molecule has 2 aliphatic rings. The zero-order valence-electron chi connectivity index (χ0n) is 20.5. The van der Waals surface area contributed by atoms with Gasteiger partial charge in [-0.3, -0.25) is 14.5 Å². The van der Waals surface area contributed by atoms with Crippen LogP contribution in [0.1, 0.15) is 74.1 Å². The lowest BCUT2D eigenvalue weighted by molar-refractivity contribution is -0.138. The first-order valence-corrected chi connectivity index (χ1v) is 11.6. The number of carbonyl (C=O) groups excluding carboxylic acids is 3. The highest BCUT2D eigenvalue weighted by atomic mass is 16.6. The Kier molecular flexibility index (Phi) is 8.36. The molecule has 0 aromatic heterocycles. The van der Waals surface area contributed by atoms with E-state index in [2.05, 4.69) is 19.2 Å². The van der Waals surface area contributed by atoms with Gasteiger partial charge in [-0.25, -0.2) is 4.79 Å². The zero-order chi connectivity index (χ0) is 23.4. The van der Waals surface area contributed by atoms with Crippen molar-refractivity contribution in [2.45, 2.75) is 97.4 Å². The lowest BCUT2D eigenvalue weighted by atomic mass is 10.0. The van der Waals surface area contributed by atoms with Crippen molar-refractivity contribution in [2.75, 3.05) is 32.7 Å². The van der Waals surface area contributed by atoms with E-state index in [1.54, 1.807) is 0 Å². The molecule has 0 spiro atoms. The molecule has 2 aliphatic heterocycles. The highest BCUT2D eigenvalue weighted by Crippen LogP contribution is 2.22. The molecule has 0 aliphatic carbocycles. The largest absolute Gasteiger partial charge is 0.444 e. The molecule has 2 rings (SSSR count). The molecule has 178 valence electrons. The minimum absolute atomic E-state index is 0.0395. The molecule has 2 saturated heterocycles. The van der Waals surface area contributed by atoms with Gasteiger partial charge in [0.2, 0.25) is 11.8 Å². The van der Waals surface area contributed by atoms with Crippen molar-refractivity contribution >= 4 is 17.9 Å². The van der Waals surface area contributed by atoms with Gasteiger partial charge in [-0.15, -0.1) is 0 Å². The second kappa shape index (κ2) is 10.2. The van der Waals surface area contributed by atoms with Gasteiger partial charge in [0.05, 0.1) is 13.1 Å². The summed E-state index contributed by atoms with van der Waals surface area (Å²) in [6.45, 7) is 15.6. The predicted octanol–water partition coefficient (Wildman–Crippen LogP) is 2.61. The fraction of sp³-hybridized carbons (Fsp3) is 0.870. The first-order chi connectivity index (χ1) is 14.3. The van der Waals surface area contributed by atoms with Gasteiger partial charge < -0.3 is 19.9 Å². The Balaban J connectivity index is 2.09. The molecular weight excluding hydrogens is 396 g/mol. The molecule has 0 radical (unpaired) electrons. The van der Waals surface area contributed by atoms with E-state index in [1.807, 2.05) is 49.3 Å². The van der Waals surface area contributed by atoms with E-state index in [-0.39, 0.29) is 43.5 Å². The highest BCUT2D eigenvalue weighted by molar-refractivity contribution is 5.82. The molecule has 2 fully saturated rings. The van der Waals surface area contributed by atoms with Gasteiger partial charge in [-0.1, -0.05) is 0 Å². The maximum Gasteiger partial charge on any atom is 0.407 e. The van der Waals surface area contributed by atoms with Crippen LogP contribution in [0.25, 0.3) is 0 Å². The second-order valence-corrected chi connectivity index (χ2v) is 10.7. The predicted molar refractivity (Wildman–Crippen MR) is 121 cm³/mol. The van der Waals surface area contributed by atoms with E-state index in [0.717, 1.165) is 38.8 Å². The van der Waals surface area contributed by atoms with Gasteiger partial charge in [-0.2, -0.15) is 0 Å². The Morgan fingerprint density at radius 1 is 0.903 bits per heavy atom. The van der Waals surface area contributed by atoms with Gasteiger partial charge in [0.25, 0.3) is 0 Å². The molecule has 31 heavy (non-hydrogen) atoms. The third-order valence-electron chi connectivity index (χ3n) is 6.32. The first kappa shape index (κ1) is 25.4. The highest BCUT2D eigenvalue weighted by Gasteiger charge is 2.36. The third-order valence-corrected chi connectivity index (χ3v) is 6.32. The Morgan fingerprint density at radius 3 is 1.71 bits per heavy atom. The summed E-state index contributed by atoms with van der Waals surface area (Å²) in [5.74, 6) is 0.0789. The number of nitrogens with one attached hydrogen (secondary N) is 1. The molecule has 2 heterocycles. The standard InChI is InChI=1S/C23H42N4O4/c1-17-10-8-12-26(17)19(28)14-25(15-20(29)27-13-9-11-18(27)2)23(6,7)16-24-21(30)31-22(3,4)5/h17-18H,8-16H2,1-7H3,(H,24,30)/t17-,18-/m1/s1. The van der Waals surface area contributed by atoms with Crippen molar-refractivity contribution in [2.24, 2.45) is 0 Å². The summed E-state index contributed by atoms with van der Waals surface area (Å²) in [6, 6.07) is 0.457. The Morgan fingerprint density at radius 2 is 1.35 bits per heavy atom. The minimum atomic E-state index is -0.603. The van der Waals surface area contributed by atoms with E-state index < -0.39 is 17.2 Å². The van der Waals surface area contributed by atoms with Crippen molar-refractivity contribution in [3.05, 3.63) is 0 Å². The van der Waals surface area contributed by atoms with Crippen molar-refractivity contribution in [3.8, 4) is 0 Å². The van der Waals surface area contributed by atoms with Gasteiger partial charge in [0.1, 0.15) is 5.60 Å². The van der Waals surface area contributed by atoms with Crippen LogP contribution in [0.3, 0.4) is 0 Å². The summed E-state index contributed by atoms with van der Waals surface area (Å²) in [6.07, 6.45) is 3.56. The summed E-state index contributed by atoms with van der Waals surface area (Å²) >= 11 is 0. The monoisotopic (exact) mass is 438 g/mol. The zero-order valence-corrected chi connectivity index (χ0v) is 20.5. The van der Waals surface area contributed by atoms with E-state index >= 15 is 0 Å². The Labute approximate surface area is 187 Å². The molecule has 0 aromatic carbocycles. The number of rotatable bonds is 7. The average molecular weight is 439 g/mol. The van der Waals surface area contributed by atoms with Crippen LogP contribution in [0.5, 0.6) is 0 Å². The van der Waals surface area contributed by atoms with Crippen LogP contribution in [-0.2, 0) is 14.3 Å². The third kappa shape index (κ3) is 7.37. The number of carbonyl (C=O) groups is 3. The molecule has 0 aromatic rings. The van der Waals surface area contributed by atoms with Crippen LogP contribution >= 0.6 is 0 Å². The first-order valence-electron chi connectivity index (χ1n) is 11.6. The second-order valence-electron chi connectivity index (χ2n) is 10.7. The number of ether oxygens (including phenoxy) is 1. The average Bonchev–Trinajstić information content (AvgIpc) is 3.26. The van der Waals surface area contributed by atoms with Crippen LogP contribution in [-0.4, -0.2) is 88.6 Å². The number of likely N-dealkylation sites (tertiary alicyclic amines) is 2. The summed E-state index contributed by atoms with van der Waals surface area (Å²) in [7, 11) is 0. The molecule has 1 N–H and O–H groups in total. The topological polar surface area (TPSA) is 82.2 Å². The van der Waals surface area contributed by atoms with Crippen molar-refractivity contribution < 1.29 is 19.1 Å². The number of alkyl carbamates (subject to hydrolysis) is 1. The Bertz CT molecular complexity index is 624. The quantitative estimate of drug-likeness (QED) is 0.661. The maximum absolute atomic E-state index is 13.1. The molecule has 8 nitrogen and oxygen atoms in total. The SMILES string of the molecule is C[C@@H]1CCCN1C(=O)CN(CC(=O)N1CCC[C@H]1C)C(C)(C)CNC(=O)OC(C)(C)C. The van der Waals surface area contributed by atoms with Gasteiger partial charge in [0, 0.05) is 37.3 Å². The Hall–Kier alpha value is -1.83. The molecule has 0 bridgehead atoms. The fourth-order valence-electron chi connectivity index (χ4n) is 4.31. The summed E-state index contributed by atoms with van der Waals surface area (Å²) in [5, 5.41) is 2.81. The molecular formula is C23H42N4O4. The van der Waals surface area contributed by atoms with Crippen LogP contribution in [0.15, 0.2) is 0 Å². The van der Waals surface area contributed by atoms with Gasteiger partial charge in [-0.05, 0) is 74.1 Å². The molecule has 0 saturated carbocycles. The normalized spacial score (nSPS) is 22.2. The number of hydrogen-bond acceptors (Lipinski definition) is 5. The molecule has 8 heteroatoms. The fourth-order valence-corrected chi connectivity index (χ4v) is 4.31. The van der Waals surface area contributed by atoms with Crippen molar-refractivity contribution in [1.29, 1.82) is 0 Å². The summed E-state index contributed by atoms with van der Waals surface area (Å²) < 4.78 is 5.35. The smallest absolute Gasteiger partial charge is 0.407 e. The lowest BCUT2D eigenvalue weighted by Gasteiger charge is -2.40. The summed E-state index contributed by atoms with van der Waals surface area (Å²) in [4.78, 5) is 44.0. The van der Waals surface area contributed by atoms with Crippen molar-refractivity contribution in [1.82, 2.24) is 20.0 Å². The van der Waals surface area contributed by atoms with Gasteiger partial charge >= 0.3 is 6.09 Å².